The topological polar surface area (TPSA) is 49.8 Å². The van der Waals surface area contributed by atoms with Crippen molar-refractivity contribution in [1.82, 2.24) is 5.06 Å². The molecule has 0 aliphatic carbocycles. The molecule has 0 radical (unpaired) electrons. The second-order valence-electron chi connectivity index (χ2n) is 3.86. The molecule has 1 amide bonds. The van der Waals surface area contributed by atoms with Crippen LogP contribution < -0.4 is 0 Å². The average molecular weight is 187 g/mol. The van der Waals surface area contributed by atoms with Crippen molar-refractivity contribution in [2.75, 3.05) is 13.2 Å². The van der Waals surface area contributed by atoms with E-state index in [2.05, 4.69) is 0 Å². The molecule has 0 aromatic rings. The molecule has 0 aromatic heterocycles. The van der Waals surface area contributed by atoms with Crippen molar-refractivity contribution in [2.45, 2.75) is 38.7 Å². The summed E-state index contributed by atoms with van der Waals surface area (Å²) in [6, 6.07) is 0. The predicted molar refractivity (Wildman–Crippen MR) is 47.8 cm³/mol. The lowest BCUT2D eigenvalue weighted by Crippen LogP contribution is -2.45. The number of aliphatic hydroxyl groups is 1. The normalized spacial score (nSPS) is 19.8. The summed E-state index contributed by atoms with van der Waals surface area (Å²) in [6.07, 6.45) is 3.01. The zero-order valence-corrected chi connectivity index (χ0v) is 8.25. The summed E-state index contributed by atoms with van der Waals surface area (Å²) in [5, 5.41) is 10.7. The number of hydrogen-bond acceptors (Lipinski definition) is 3. The van der Waals surface area contributed by atoms with Crippen molar-refractivity contribution in [3.8, 4) is 0 Å². The van der Waals surface area contributed by atoms with Crippen molar-refractivity contribution in [3.63, 3.8) is 0 Å². The molecular weight excluding hydrogens is 170 g/mol. The van der Waals surface area contributed by atoms with Crippen LogP contribution >= 0.6 is 0 Å². The number of rotatable bonds is 1. The Kier molecular flexibility index (Phi) is 3.27. The lowest BCUT2D eigenvalue weighted by molar-refractivity contribution is -0.199. The molecule has 76 valence electrons. The molecule has 0 aromatic carbocycles. The average Bonchev–Trinajstić information content (AvgIpc) is 2.28. The van der Waals surface area contributed by atoms with E-state index in [1.807, 2.05) is 0 Å². The van der Waals surface area contributed by atoms with E-state index < -0.39 is 5.60 Å². The van der Waals surface area contributed by atoms with Crippen LogP contribution in [0.25, 0.3) is 0 Å². The van der Waals surface area contributed by atoms with E-state index >= 15 is 0 Å². The van der Waals surface area contributed by atoms with E-state index in [9.17, 15) is 9.90 Å². The van der Waals surface area contributed by atoms with Crippen LogP contribution in [0, 0.1) is 0 Å². The van der Waals surface area contributed by atoms with Gasteiger partial charge in [-0.2, -0.15) is 0 Å². The summed E-state index contributed by atoms with van der Waals surface area (Å²) in [4.78, 5) is 16.7. The first-order valence-corrected chi connectivity index (χ1v) is 4.69. The Hall–Kier alpha value is -0.610. The molecule has 0 atom stereocenters. The SMILES string of the molecule is CC(C)(O)C(=O)N1CCCCCO1. The number of carbonyl (C=O) groups excluding carboxylic acids is 1. The first-order valence-electron chi connectivity index (χ1n) is 4.69. The molecule has 1 heterocycles. The minimum absolute atomic E-state index is 0.352. The Labute approximate surface area is 78.4 Å². The standard InChI is InChI=1S/C9H17NO3/c1-9(2,12)8(11)10-6-4-3-5-7-13-10/h12H,3-7H2,1-2H3. The van der Waals surface area contributed by atoms with Crippen LogP contribution in [0.5, 0.6) is 0 Å². The molecule has 13 heavy (non-hydrogen) atoms. The highest BCUT2D eigenvalue weighted by atomic mass is 16.7. The highest BCUT2D eigenvalue weighted by molar-refractivity contribution is 5.83. The van der Waals surface area contributed by atoms with Crippen LogP contribution in [-0.4, -0.2) is 34.8 Å². The minimum Gasteiger partial charge on any atom is -0.381 e. The monoisotopic (exact) mass is 187 g/mol. The molecule has 0 bridgehead atoms. The third kappa shape index (κ3) is 2.97. The van der Waals surface area contributed by atoms with Crippen molar-refractivity contribution >= 4 is 5.91 Å². The van der Waals surface area contributed by atoms with Gasteiger partial charge in [-0.1, -0.05) is 0 Å². The van der Waals surface area contributed by atoms with Crippen molar-refractivity contribution in [3.05, 3.63) is 0 Å². The van der Waals surface area contributed by atoms with Gasteiger partial charge < -0.3 is 5.11 Å². The maximum absolute atomic E-state index is 11.5. The van der Waals surface area contributed by atoms with E-state index in [1.54, 1.807) is 0 Å². The Bertz CT molecular complexity index is 178. The fourth-order valence-electron chi connectivity index (χ4n) is 1.24. The Morgan fingerprint density at radius 1 is 1.38 bits per heavy atom. The third-order valence-electron chi connectivity index (χ3n) is 2.00. The van der Waals surface area contributed by atoms with Crippen LogP contribution in [0.1, 0.15) is 33.1 Å². The molecule has 1 fully saturated rings. The van der Waals surface area contributed by atoms with E-state index in [0.717, 1.165) is 19.3 Å². The number of hydroxylamine groups is 2. The van der Waals surface area contributed by atoms with Crippen LogP contribution in [0.3, 0.4) is 0 Å². The van der Waals surface area contributed by atoms with Gasteiger partial charge in [0.2, 0.25) is 0 Å². The molecule has 1 saturated heterocycles. The van der Waals surface area contributed by atoms with Crippen LogP contribution in [0.15, 0.2) is 0 Å². The van der Waals surface area contributed by atoms with Crippen LogP contribution in [0.2, 0.25) is 0 Å². The largest absolute Gasteiger partial charge is 0.381 e. The first kappa shape index (κ1) is 10.5. The smallest absolute Gasteiger partial charge is 0.277 e. The van der Waals surface area contributed by atoms with Gasteiger partial charge in [0.05, 0.1) is 6.61 Å². The zero-order chi connectivity index (χ0) is 9.90. The number of carbonyl (C=O) groups is 1. The quantitative estimate of drug-likeness (QED) is 0.657. The first-order chi connectivity index (χ1) is 6.02. The number of amides is 1. The Morgan fingerprint density at radius 2 is 2.08 bits per heavy atom. The van der Waals surface area contributed by atoms with E-state index in [0.29, 0.717) is 13.2 Å². The predicted octanol–water partition coefficient (Wildman–Crippen LogP) is 0.701. The molecule has 4 heteroatoms. The summed E-state index contributed by atoms with van der Waals surface area (Å²) in [6.45, 7) is 4.11. The van der Waals surface area contributed by atoms with Gasteiger partial charge in [-0.15, -0.1) is 0 Å². The molecule has 1 aliphatic heterocycles. The van der Waals surface area contributed by atoms with Crippen LogP contribution in [-0.2, 0) is 9.63 Å². The molecule has 0 saturated carbocycles. The van der Waals surface area contributed by atoms with Gasteiger partial charge in [0.25, 0.3) is 5.91 Å². The number of nitrogens with zero attached hydrogens (tertiary/aromatic N) is 1. The Morgan fingerprint density at radius 3 is 2.69 bits per heavy atom. The van der Waals surface area contributed by atoms with E-state index in [1.165, 1.54) is 18.9 Å². The van der Waals surface area contributed by atoms with Gasteiger partial charge in [0, 0.05) is 6.54 Å². The summed E-state index contributed by atoms with van der Waals surface area (Å²) in [5.41, 5.74) is -1.33. The lowest BCUT2D eigenvalue weighted by atomic mass is 10.1. The fourth-order valence-corrected chi connectivity index (χ4v) is 1.24. The van der Waals surface area contributed by atoms with Gasteiger partial charge in [-0.25, -0.2) is 5.06 Å². The van der Waals surface area contributed by atoms with Crippen molar-refractivity contribution in [1.29, 1.82) is 0 Å². The summed E-state index contributed by atoms with van der Waals surface area (Å²) in [7, 11) is 0. The maximum atomic E-state index is 11.5. The summed E-state index contributed by atoms with van der Waals surface area (Å²) in [5.74, 6) is -0.352. The second-order valence-corrected chi connectivity index (χ2v) is 3.86. The maximum Gasteiger partial charge on any atom is 0.277 e. The van der Waals surface area contributed by atoms with E-state index in [4.69, 9.17) is 4.84 Å². The molecule has 1 rings (SSSR count). The molecule has 0 spiro atoms. The molecule has 0 unspecified atom stereocenters. The van der Waals surface area contributed by atoms with Crippen molar-refractivity contribution in [2.24, 2.45) is 0 Å². The van der Waals surface area contributed by atoms with Gasteiger partial charge in [-0.3, -0.25) is 9.63 Å². The van der Waals surface area contributed by atoms with E-state index in [-0.39, 0.29) is 5.91 Å². The highest BCUT2D eigenvalue weighted by Gasteiger charge is 2.30. The molecule has 4 nitrogen and oxygen atoms in total. The Balaban J connectivity index is 2.54. The lowest BCUT2D eigenvalue weighted by Gasteiger charge is -2.25. The molecule has 1 N–H and O–H groups in total. The van der Waals surface area contributed by atoms with Crippen LogP contribution in [0.4, 0.5) is 0 Å². The zero-order valence-electron chi connectivity index (χ0n) is 8.25. The summed E-state index contributed by atoms with van der Waals surface area (Å²) < 4.78 is 0. The minimum atomic E-state index is -1.33. The van der Waals surface area contributed by atoms with Crippen molar-refractivity contribution < 1.29 is 14.7 Å². The van der Waals surface area contributed by atoms with Gasteiger partial charge >= 0.3 is 0 Å². The number of hydrogen-bond donors (Lipinski definition) is 1. The van der Waals surface area contributed by atoms with Gasteiger partial charge in [0.1, 0.15) is 5.60 Å². The fraction of sp³-hybridized carbons (Fsp3) is 0.889. The highest BCUT2D eigenvalue weighted by Crippen LogP contribution is 2.13. The third-order valence-corrected chi connectivity index (χ3v) is 2.00. The molecular formula is C9H17NO3. The molecule has 1 aliphatic rings. The van der Waals surface area contributed by atoms with Gasteiger partial charge in [-0.05, 0) is 33.1 Å². The summed E-state index contributed by atoms with van der Waals surface area (Å²) >= 11 is 0. The second kappa shape index (κ2) is 4.07. The van der Waals surface area contributed by atoms with Gasteiger partial charge in [0.15, 0.2) is 0 Å².